The molecule has 98 valence electrons. The number of aryl methyl sites for hydroxylation is 2. The Balaban J connectivity index is 2.54. The van der Waals surface area contributed by atoms with Gasteiger partial charge in [0.2, 0.25) is 10.0 Å². The molecule has 1 N–H and O–H groups in total. The number of fused-ring (bicyclic) bond motifs is 1. The van der Waals surface area contributed by atoms with Crippen molar-refractivity contribution in [1.82, 2.24) is 14.3 Å². The molecule has 0 unspecified atom stereocenters. The highest BCUT2D eigenvalue weighted by atomic mass is 32.2. The first-order chi connectivity index (χ1) is 8.31. The molecule has 0 atom stereocenters. The van der Waals surface area contributed by atoms with E-state index in [1.165, 1.54) is 0 Å². The van der Waals surface area contributed by atoms with Gasteiger partial charge in [0, 0.05) is 13.1 Å². The molecule has 2 aromatic rings. The molecule has 1 aromatic carbocycles. The van der Waals surface area contributed by atoms with E-state index in [4.69, 9.17) is 0 Å². The van der Waals surface area contributed by atoms with Crippen LogP contribution in [0.25, 0.3) is 11.0 Å². The molecule has 0 spiro atoms. The van der Waals surface area contributed by atoms with E-state index in [2.05, 4.69) is 9.71 Å². The van der Waals surface area contributed by atoms with Gasteiger partial charge in [0.25, 0.3) is 0 Å². The number of aromatic nitrogens is 2. The second-order valence-electron chi connectivity index (χ2n) is 4.64. The number of hydrogen-bond acceptors (Lipinski definition) is 3. The lowest BCUT2D eigenvalue weighted by molar-refractivity contribution is 0.570. The van der Waals surface area contributed by atoms with Crippen LogP contribution < -0.4 is 4.72 Å². The van der Waals surface area contributed by atoms with Crippen molar-refractivity contribution in [1.29, 1.82) is 0 Å². The number of hydrogen-bond donors (Lipinski definition) is 1. The van der Waals surface area contributed by atoms with Gasteiger partial charge >= 0.3 is 0 Å². The van der Waals surface area contributed by atoms with Crippen LogP contribution in [0.1, 0.15) is 19.7 Å². The molecular formula is C12H17N3O2S. The summed E-state index contributed by atoms with van der Waals surface area (Å²) in [5.41, 5.74) is 1.62. The summed E-state index contributed by atoms with van der Waals surface area (Å²) in [7, 11) is -1.55. The zero-order chi connectivity index (χ0) is 13.5. The quantitative estimate of drug-likeness (QED) is 0.918. The summed E-state index contributed by atoms with van der Waals surface area (Å²) in [4.78, 5) is 4.59. The predicted octanol–water partition coefficient (Wildman–Crippen LogP) is 1.57. The Morgan fingerprint density at radius 2 is 2.00 bits per heavy atom. The van der Waals surface area contributed by atoms with Gasteiger partial charge in [-0.25, -0.2) is 18.1 Å². The van der Waals surface area contributed by atoms with E-state index in [1.807, 2.05) is 18.5 Å². The van der Waals surface area contributed by atoms with E-state index in [0.717, 1.165) is 11.3 Å². The molecule has 1 heterocycles. The molecule has 0 aliphatic carbocycles. The number of nitrogens with one attached hydrogen (secondary N) is 1. The van der Waals surface area contributed by atoms with Crippen molar-refractivity contribution in [2.24, 2.45) is 7.05 Å². The van der Waals surface area contributed by atoms with Crippen LogP contribution in [-0.2, 0) is 17.1 Å². The molecule has 0 saturated carbocycles. The molecule has 0 radical (unpaired) electrons. The number of nitrogens with zero attached hydrogens (tertiary/aromatic N) is 2. The van der Waals surface area contributed by atoms with Crippen LogP contribution in [0, 0.1) is 6.92 Å². The van der Waals surface area contributed by atoms with Crippen LogP contribution in [0.15, 0.2) is 23.1 Å². The van der Waals surface area contributed by atoms with Crippen molar-refractivity contribution in [3.05, 3.63) is 24.0 Å². The summed E-state index contributed by atoms with van der Waals surface area (Å²) in [5, 5.41) is 0. The van der Waals surface area contributed by atoms with E-state index in [0.29, 0.717) is 5.52 Å². The Kier molecular flexibility index (Phi) is 3.16. The fraction of sp³-hybridized carbons (Fsp3) is 0.417. The minimum Gasteiger partial charge on any atom is -0.331 e. The summed E-state index contributed by atoms with van der Waals surface area (Å²) < 4.78 is 28.6. The Morgan fingerprint density at radius 3 is 2.61 bits per heavy atom. The highest BCUT2D eigenvalue weighted by molar-refractivity contribution is 7.89. The van der Waals surface area contributed by atoms with Gasteiger partial charge in [0.1, 0.15) is 5.82 Å². The van der Waals surface area contributed by atoms with Gasteiger partial charge in [0.15, 0.2) is 0 Å². The van der Waals surface area contributed by atoms with Crippen molar-refractivity contribution in [2.75, 3.05) is 0 Å². The third-order valence-electron chi connectivity index (χ3n) is 2.78. The zero-order valence-corrected chi connectivity index (χ0v) is 11.7. The second-order valence-corrected chi connectivity index (χ2v) is 6.36. The monoisotopic (exact) mass is 267 g/mol. The Hall–Kier alpha value is -1.40. The highest BCUT2D eigenvalue weighted by Gasteiger charge is 2.16. The van der Waals surface area contributed by atoms with Crippen molar-refractivity contribution in [2.45, 2.75) is 31.7 Å². The third-order valence-corrected chi connectivity index (χ3v) is 4.43. The van der Waals surface area contributed by atoms with Crippen molar-refractivity contribution >= 4 is 21.1 Å². The molecule has 0 fully saturated rings. The van der Waals surface area contributed by atoms with Crippen LogP contribution in [0.3, 0.4) is 0 Å². The highest BCUT2D eigenvalue weighted by Crippen LogP contribution is 2.19. The van der Waals surface area contributed by atoms with Gasteiger partial charge in [-0.2, -0.15) is 0 Å². The normalized spacial score (nSPS) is 12.5. The van der Waals surface area contributed by atoms with Gasteiger partial charge in [-0.1, -0.05) is 0 Å². The molecule has 6 heteroatoms. The van der Waals surface area contributed by atoms with Crippen LogP contribution in [0.4, 0.5) is 0 Å². The van der Waals surface area contributed by atoms with Gasteiger partial charge in [-0.15, -0.1) is 0 Å². The topological polar surface area (TPSA) is 64.0 Å². The molecule has 18 heavy (non-hydrogen) atoms. The molecule has 2 rings (SSSR count). The minimum absolute atomic E-state index is 0.129. The first-order valence-corrected chi connectivity index (χ1v) is 7.25. The number of benzene rings is 1. The predicted molar refractivity (Wildman–Crippen MR) is 70.9 cm³/mol. The van der Waals surface area contributed by atoms with Gasteiger partial charge in [-0.3, -0.25) is 0 Å². The van der Waals surface area contributed by atoms with Crippen LogP contribution in [-0.4, -0.2) is 24.0 Å². The van der Waals surface area contributed by atoms with E-state index >= 15 is 0 Å². The van der Waals surface area contributed by atoms with Gasteiger partial charge in [-0.05, 0) is 39.0 Å². The fourth-order valence-corrected chi connectivity index (χ4v) is 3.12. The Labute approximate surface area is 107 Å². The van der Waals surface area contributed by atoms with Gasteiger partial charge in [0.05, 0.1) is 15.9 Å². The Morgan fingerprint density at radius 1 is 1.33 bits per heavy atom. The molecule has 0 saturated heterocycles. The van der Waals surface area contributed by atoms with Crippen LogP contribution >= 0.6 is 0 Å². The average molecular weight is 267 g/mol. The smallest absolute Gasteiger partial charge is 0.240 e. The minimum atomic E-state index is -3.45. The average Bonchev–Trinajstić information content (AvgIpc) is 2.52. The van der Waals surface area contributed by atoms with E-state index < -0.39 is 10.0 Å². The van der Waals surface area contributed by atoms with Crippen LogP contribution in [0.5, 0.6) is 0 Å². The summed E-state index contributed by atoms with van der Waals surface area (Å²) in [5.74, 6) is 0.858. The molecule has 0 aliphatic rings. The van der Waals surface area contributed by atoms with E-state index in [9.17, 15) is 8.42 Å². The third kappa shape index (κ3) is 2.26. The zero-order valence-electron chi connectivity index (χ0n) is 10.9. The SMILES string of the molecule is Cc1nc2cc(S(=O)(=O)NC(C)C)ccc2n1C. The fourth-order valence-electron chi connectivity index (χ4n) is 1.85. The molecule has 0 amide bonds. The van der Waals surface area contributed by atoms with Gasteiger partial charge < -0.3 is 4.57 Å². The van der Waals surface area contributed by atoms with Crippen molar-refractivity contribution in [3.8, 4) is 0 Å². The van der Waals surface area contributed by atoms with Crippen molar-refractivity contribution in [3.63, 3.8) is 0 Å². The number of imidazole rings is 1. The lowest BCUT2D eigenvalue weighted by atomic mass is 10.3. The molecule has 0 bridgehead atoms. The second kappa shape index (κ2) is 4.37. The molecule has 0 aliphatic heterocycles. The summed E-state index contributed by atoms with van der Waals surface area (Å²) in [6, 6.07) is 4.86. The maximum absolute atomic E-state index is 12.0. The molecule has 5 nitrogen and oxygen atoms in total. The number of sulfonamides is 1. The molecular weight excluding hydrogens is 250 g/mol. The maximum Gasteiger partial charge on any atom is 0.240 e. The summed E-state index contributed by atoms with van der Waals surface area (Å²) in [6.07, 6.45) is 0. The van der Waals surface area contributed by atoms with E-state index in [-0.39, 0.29) is 10.9 Å². The van der Waals surface area contributed by atoms with E-state index in [1.54, 1.807) is 32.0 Å². The summed E-state index contributed by atoms with van der Waals surface area (Å²) >= 11 is 0. The number of rotatable bonds is 3. The first kappa shape index (κ1) is 13.0. The largest absolute Gasteiger partial charge is 0.331 e. The maximum atomic E-state index is 12.0. The molecule has 1 aromatic heterocycles. The standard InChI is InChI=1S/C12H17N3O2S/c1-8(2)14-18(16,17)10-5-6-12-11(7-10)13-9(3)15(12)4/h5-8,14H,1-4H3. The van der Waals surface area contributed by atoms with Crippen molar-refractivity contribution < 1.29 is 8.42 Å². The Bertz CT molecular complexity index is 687. The lowest BCUT2D eigenvalue weighted by Gasteiger charge is -2.09. The summed E-state index contributed by atoms with van der Waals surface area (Å²) in [6.45, 7) is 5.47. The van der Waals surface area contributed by atoms with Crippen LogP contribution in [0.2, 0.25) is 0 Å². The lowest BCUT2D eigenvalue weighted by Crippen LogP contribution is -2.30. The first-order valence-electron chi connectivity index (χ1n) is 5.76.